The normalized spacial score (nSPS) is 12.6. The number of nitrogens with zero attached hydrogens (tertiary/aromatic N) is 1. The molecule has 66 valence electrons. The Bertz CT molecular complexity index is 160. The lowest BCUT2D eigenvalue weighted by Gasteiger charge is -2.10. The SMILES string of the molecule is CCCCC(=O)N(C)S(=O)O. The summed E-state index contributed by atoms with van der Waals surface area (Å²) >= 11 is -2.16. The van der Waals surface area contributed by atoms with Crippen LogP contribution < -0.4 is 0 Å². The molecule has 5 heteroatoms. The number of unbranched alkanes of at least 4 members (excludes halogenated alkanes) is 1. The Balaban J connectivity index is 3.74. The Kier molecular flexibility index (Phi) is 5.06. The lowest BCUT2D eigenvalue weighted by molar-refractivity contribution is -0.125. The average molecular weight is 179 g/mol. The third kappa shape index (κ3) is 4.10. The summed E-state index contributed by atoms with van der Waals surface area (Å²) in [5.41, 5.74) is 0. The van der Waals surface area contributed by atoms with E-state index < -0.39 is 11.3 Å². The fourth-order valence-corrected chi connectivity index (χ4v) is 0.838. The highest BCUT2D eigenvalue weighted by molar-refractivity contribution is 7.77. The van der Waals surface area contributed by atoms with Gasteiger partial charge in [0.05, 0.1) is 0 Å². The van der Waals surface area contributed by atoms with Crippen molar-refractivity contribution >= 4 is 17.2 Å². The van der Waals surface area contributed by atoms with Crippen LogP contribution in [0.4, 0.5) is 0 Å². The van der Waals surface area contributed by atoms with Crippen LogP contribution in [0.25, 0.3) is 0 Å². The van der Waals surface area contributed by atoms with Gasteiger partial charge in [0.25, 0.3) is 11.3 Å². The summed E-state index contributed by atoms with van der Waals surface area (Å²) in [7, 11) is 1.31. The van der Waals surface area contributed by atoms with E-state index in [0.29, 0.717) is 6.42 Å². The van der Waals surface area contributed by atoms with Gasteiger partial charge in [-0.05, 0) is 6.42 Å². The van der Waals surface area contributed by atoms with Crippen LogP contribution in [0.2, 0.25) is 0 Å². The molecule has 1 N–H and O–H groups in total. The highest BCUT2D eigenvalue weighted by atomic mass is 32.2. The number of hydrogen-bond acceptors (Lipinski definition) is 2. The molecule has 0 aliphatic carbocycles. The van der Waals surface area contributed by atoms with Gasteiger partial charge >= 0.3 is 0 Å². The van der Waals surface area contributed by atoms with Gasteiger partial charge in [-0.25, -0.2) is 8.51 Å². The number of amides is 1. The summed E-state index contributed by atoms with van der Waals surface area (Å²) in [5.74, 6) is -0.285. The Hall–Kier alpha value is -0.420. The molecule has 0 aromatic carbocycles. The monoisotopic (exact) mass is 179 g/mol. The molecule has 0 aliphatic heterocycles. The molecule has 1 amide bonds. The number of hydrogen-bond donors (Lipinski definition) is 1. The van der Waals surface area contributed by atoms with Crippen molar-refractivity contribution < 1.29 is 13.6 Å². The van der Waals surface area contributed by atoms with E-state index >= 15 is 0 Å². The van der Waals surface area contributed by atoms with Crippen molar-refractivity contribution in [2.45, 2.75) is 26.2 Å². The maximum atomic E-state index is 10.9. The maximum Gasteiger partial charge on any atom is 0.263 e. The predicted molar refractivity (Wildman–Crippen MR) is 43.1 cm³/mol. The van der Waals surface area contributed by atoms with Crippen molar-refractivity contribution in [1.29, 1.82) is 0 Å². The second-order valence-electron chi connectivity index (χ2n) is 2.23. The van der Waals surface area contributed by atoms with Crippen molar-refractivity contribution in [2.24, 2.45) is 0 Å². The molecule has 0 aromatic rings. The Morgan fingerprint density at radius 2 is 2.18 bits per heavy atom. The van der Waals surface area contributed by atoms with Gasteiger partial charge < -0.3 is 0 Å². The van der Waals surface area contributed by atoms with Crippen LogP contribution in [0.3, 0.4) is 0 Å². The predicted octanol–water partition coefficient (Wildman–Crippen LogP) is 0.772. The van der Waals surface area contributed by atoms with Gasteiger partial charge in [0.2, 0.25) is 5.91 Å². The van der Waals surface area contributed by atoms with Gasteiger partial charge in [0.1, 0.15) is 0 Å². The molecule has 1 unspecified atom stereocenters. The van der Waals surface area contributed by atoms with E-state index in [2.05, 4.69) is 0 Å². The first kappa shape index (κ1) is 10.6. The zero-order chi connectivity index (χ0) is 8.85. The van der Waals surface area contributed by atoms with Crippen LogP contribution in [0.15, 0.2) is 0 Å². The highest BCUT2D eigenvalue weighted by Gasteiger charge is 2.11. The zero-order valence-corrected chi connectivity index (χ0v) is 7.56. The minimum atomic E-state index is -2.16. The Morgan fingerprint density at radius 1 is 1.64 bits per heavy atom. The molecule has 0 rings (SSSR count). The molecular weight excluding hydrogens is 166 g/mol. The third-order valence-corrected chi connectivity index (χ3v) is 2.00. The molecule has 0 fully saturated rings. The average Bonchev–Trinajstić information content (AvgIpc) is 1.98. The second kappa shape index (κ2) is 5.26. The molecule has 0 radical (unpaired) electrons. The van der Waals surface area contributed by atoms with E-state index in [-0.39, 0.29) is 5.91 Å². The van der Waals surface area contributed by atoms with Crippen LogP contribution in [-0.2, 0) is 16.1 Å². The molecule has 0 heterocycles. The van der Waals surface area contributed by atoms with Crippen molar-refractivity contribution in [3.8, 4) is 0 Å². The maximum absolute atomic E-state index is 10.9. The molecule has 0 aliphatic rings. The first-order chi connectivity index (χ1) is 5.09. The number of rotatable bonds is 4. The smallest absolute Gasteiger partial charge is 0.263 e. The molecule has 1 atom stereocenters. The summed E-state index contributed by atoms with van der Waals surface area (Å²) in [6.07, 6.45) is 2.03. The summed E-state index contributed by atoms with van der Waals surface area (Å²) in [4.78, 5) is 10.9. The number of carbonyl (C=O) groups excluding carboxylic acids is 1. The van der Waals surface area contributed by atoms with Crippen molar-refractivity contribution in [3.05, 3.63) is 0 Å². The molecule has 11 heavy (non-hydrogen) atoms. The van der Waals surface area contributed by atoms with Gasteiger partial charge in [0, 0.05) is 13.5 Å². The fraction of sp³-hybridized carbons (Fsp3) is 0.833. The summed E-state index contributed by atoms with van der Waals surface area (Å²) in [6.45, 7) is 1.96. The molecule has 0 bridgehead atoms. The van der Waals surface area contributed by atoms with E-state index in [1.807, 2.05) is 6.92 Å². The Morgan fingerprint density at radius 3 is 2.55 bits per heavy atom. The summed E-state index contributed by atoms with van der Waals surface area (Å²) < 4.78 is 19.6. The fourth-order valence-electron chi connectivity index (χ4n) is 0.573. The van der Waals surface area contributed by atoms with E-state index in [1.165, 1.54) is 7.05 Å². The minimum absolute atomic E-state index is 0.285. The quantitative estimate of drug-likeness (QED) is 0.648. The highest BCUT2D eigenvalue weighted by Crippen LogP contribution is 1.99. The van der Waals surface area contributed by atoms with Crippen molar-refractivity contribution in [2.75, 3.05) is 7.05 Å². The van der Waals surface area contributed by atoms with E-state index in [9.17, 15) is 9.00 Å². The van der Waals surface area contributed by atoms with Crippen LogP contribution in [-0.4, -0.2) is 26.0 Å². The van der Waals surface area contributed by atoms with Crippen LogP contribution in [0.5, 0.6) is 0 Å². The van der Waals surface area contributed by atoms with Crippen molar-refractivity contribution in [1.82, 2.24) is 4.31 Å². The third-order valence-electron chi connectivity index (χ3n) is 1.33. The summed E-state index contributed by atoms with van der Waals surface area (Å²) in [5, 5.41) is 0. The molecule has 0 spiro atoms. The topological polar surface area (TPSA) is 57.6 Å². The van der Waals surface area contributed by atoms with Gasteiger partial charge in [-0.1, -0.05) is 13.3 Å². The van der Waals surface area contributed by atoms with E-state index in [0.717, 1.165) is 17.1 Å². The molecule has 0 aromatic heterocycles. The van der Waals surface area contributed by atoms with Crippen molar-refractivity contribution in [3.63, 3.8) is 0 Å². The van der Waals surface area contributed by atoms with Crippen LogP contribution in [0.1, 0.15) is 26.2 Å². The van der Waals surface area contributed by atoms with E-state index in [4.69, 9.17) is 4.55 Å². The molecule has 0 saturated heterocycles. The molecular formula is C6H13NO3S. The first-order valence-corrected chi connectivity index (χ1v) is 4.53. The van der Waals surface area contributed by atoms with Gasteiger partial charge in [0.15, 0.2) is 0 Å². The molecule has 0 saturated carbocycles. The number of carbonyl (C=O) groups is 1. The molecule has 4 nitrogen and oxygen atoms in total. The first-order valence-electron chi connectivity index (χ1n) is 3.47. The van der Waals surface area contributed by atoms with Gasteiger partial charge in [-0.3, -0.25) is 9.35 Å². The van der Waals surface area contributed by atoms with Crippen LogP contribution >= 0.6 is 0 Å². The lowest BCUT2D eigenvalue weighted by atomic mass is 10.2. The standard InChI is InChI=1S/C6H13NO3S/c1-3-4-5-6(8)7(2)11(9)10/h3-5H2,1-2H3,(H,9,10). The van der Waals surface area contributed by atoms with Gasteiger partial charge in [-0.15, -0.1) is 0 Å². The van der Waals surface area contributed by atoms with E-state index in [1.54, 1.807) is 0 Å². The van der Waals surface area contributed by atoms with Gasteiger partial charge in [-0.2, -0.15) is 0 Å². The minimum Gasteiger partial charge on any atom is -0.289 e. The lowest BCUT2D eigenvalue weighted by Crippen LogP contribution is -2.27. The largest absolute Gasteiger partial charge is 0.289 e. The zero-order valence-electron chi connectivity index (χ0n) is 6.74. The second-order valence-corrected chi connectivity index (χ2v) is 3.23. The van der Waals surface area contributed by atoms with Crippen LogP contribution in [0, 0.1) is 0 Å². The Labute approximate surface area is 69.0 Å². The summed E-state index contributed by atoms with van der Waals surface area (Å²) in [6, 6.07) is 0.